The average molecular weight is 319 g/mol. The van der Waals surface area contributed by atoms with Crippen LogP contribution in [0.3, 0.4) is 0 Å². The highest BCUT2D eigenvalue weighted by Gasteiger charge is 2.23. The number of alkyl halides is 2. The summed E-state index contributed by atoms with van der Waals surface area (Å²) in [5.41, 5.74) is 0.385. The van der Waals surface area contributed by atoms with Crippen molar-refractivity contribution in [3.05, 3.63) is 47.5 Å². The van der Waals surface area contributed by atoms with Crippen LogP contribution in [0.25, 0.3) is 0 Å². The first kappa shape index (κ1) is 15.5. The number of hydrogen-bond acceptors (Lipinski definition) is 3. The van der Waals surface area contributed by atoms with Crippen LogP contribution in [0.2, 0.25) is 0 Å². The lowest BCUT2D eigenvalue weighted by Crippen LogP contribution is -2.23. The van der Waals surface area contributed by atoms with E-state index in [0.29, 0.717) is 10.2 Å². The molecule has 1 aromatic heterocycles. The van der Waals surface area contributed by atoms with Crippen molar-refractivity contribution in [3.8, 4) is 0 Å². The molecule has 1 aromatic carbocycles. The van der Waals surface area contributed by atoms with Crippen molar-refractivity contribution >= 4 is 10.0 Å². The van der Waals surface area contributed by atoms with Crippen LogP contribution in [0.15, 0.2) is 35.4 Å². The molecule has 1 N–H and O–H groups in total. The quantitative estimate of drug-likeness (QED) is 0.919. The van der Waals surface area contributed by atoms with E-state index in [1.54, 1.807) is 0 Å². The molecule has 0 spiro atoms. The van der Waals surface area contributed by atoms with Gasteiger partial charge in [0.15, 0.2) is 0 Å². The summed E-state index contributed by atoms with van der Waals surface area (Å²) in [6.07, 6.45) is 0.870. The predicted molar refractivity (Wildman–Crippen MR) is 68.6 cm³/mol. The lowest BCUT2D eigenvalue weighted by atomic mass is 10.2. The summed E-state index contributed by atoms with van der Waals surface area (Å²) in [7, 11) is -3.97. The van der Waals surface area contributed by atoms with Gasteiger partial charge in [-0.05, 0) is 24.6 Å². The standard InChI is InChI=1S/C12H12F3N3O2S/c1-8-11(7-16-18(8)12(14)15)21(19,20)17-6-9-2-4-10(13)5-3-9/h2-5,7,12,17H,6H2,1H3. The summed E-state index contributed by atoms with van der Waals surface area (Å²) in [6, 6.07) is 5.24. The Bertz CT molecular complexity index is 727. The van der Waals surface area contributed by atoms with Crippen LogP contribution in [0.5, 0.6) is 0 Å². The Labute approximate surface area is 119 Å². The molecule has 0 aliphatic carbocycles. The normalized spacial score (nSPS) is 12.0. The second-order valence-corrected chi connectivity index (χ2v) is 6.00. The fourth-order valence-corrected chi connectivity index (χ4v) is 2.91. The maximum atomic E-state index is 12.7. The van der Waals surface area contributed by atoms with E-state index in [4.69, 9.17) is 0 Å². The highest BCUT2D eigenvalue weighted by Crippen LogP contribution is 2.19. The van der Waals surface area contributed by atoms with Gasteiger partial charge < -0.3 is 0 Å². The zero-order valence-electron chi connectivity index (χ0n) is 10.9. The number of halogens is 3. The van der Waals surface area contributed by atoms with Crippen molar-refractivity contribution < 1.29 is 21.6 Å². The second kappa shape index (κ2) is 5.86. The summed E-state index contributed by atoms with van der Waals surface area (Å²) in [6.45, 7) is -1.75. The van der Waals surface area contributed by atoms with Crippen LogP contribution in [0, 0.1) is 12.7 Å². The van der Waals surface area contributed by atoms with E-state index in [-0.39, 0.29) is 17.1 Å². The van der Waals surface area contributed by atoms with E-state index >= 15 is 0 Å². The third-order valence-corrected chi connectivity index (χ3v) is 4.36. The maximum absolute atomic E-state index is 12.7. The minimum Gasteiger partial charge on any atom is -0.207 e. The molecule has 114 valence electrons. The molecule has 2 aromatic rings. The molecule has 0 atom stereocenters. The summed E-state index contributed by atoms with van der Waals surface area (Å²) in [4.78, 5) is -0.315. The number of hydrogen-bond donors (Lipinski definition) is 1. The molecular weight excluding hydrogens is 307 g/mol. The summed E-state index contributed by atoms with van der Waals surface area (Å²) in [5.74, 6) is -0.435. The summed E-state index contributed by atoms with van der Waals surface area (Å²) < 4.78 is 64.5. The molecule has 0 fully saturated rings. The SMILES string of the molecule is Cc1c(S(=O)(=O)NCc2ccc(F)cc2)cnn1C(F)F. The van der Waals surface area contributed by atoms with Crippen molar-refractivity contribution in [2.45, 2.75) is 24.9 Å². The highest BCUT2D eigenvalue weighted by molar-refractivity contribution is 7.89. The molecule has 0 aliphatic heterocycles. The number of benzene rings is 1. The van der Waals surface area contributed by atoms with Crippen LogP contribution >= 0.6 is 0 Å². The minimum absolute atomic E-state index is 0.0814. The second-order valence-electron chi connectivity index (χ2n) is 4.27. The monoisotopic (exact) mass is 319 g/mol. The first-order chi connectivity index (χ1) is 9.81. The molecule has 2 rings (SSSR count). The van der Waals surface area contributed by atoms with Gasteiger partial charge >= 0.3 is 6.55 Å². The number of rotatable bonds is 5. The average Bonchev–Trinajstić information content (AvgIpc) is 2.81. The Balaban J connectivity index is 2.17. The maximum Gasteiger partial charge on any atom is 0.333 e. The topological polar surface area (TPSA) is 64.0 Å². The molecule has 21 heavy (non-hydrogen) atoms. The zero-order valence-corrected chi connectivity index (χ0v) is 11.7. The van der Waals surface area contributed by atoms with E-state index in [9.17, 15) is 21.6 Å². The Hall–Kier alpha value is -1.87. The van der Waals surface area contributed by atoms with E-state index in [1.807, 2.05) is 0 Å². The predicted octanol–water partition coefficient (Wildman–Crippen LogP) is 2.20. The van der Waals surface area contributed by atoms with Gasteiger partial charge in [-0.3, -0.25) is 0 Å². The lowest BCUT2D eigenvalue weighted by molar-refractivity contribution is 0.0541. The van der Waals surface area contributed by atoms with Crippen molar-refractivity contribution in [1.82, 2.24) is 14.5 Å². The summed E-state index contributed by atoms with van der Waals surface area (Å²) in [5, 5.41) is 3.35. The van der Waals surface area contributed by atoms with Crippen LogP contribution in [-0.4, -0.2) is 18.2 Å². The van der Waals surface area contributed by atoms with Gasteiger partial charge in [0.1, 0.15) is 10.7 Å². The molecule has 0 aliphatic rings. The van der Waals surface area contributed by atoms with Crippen molar-refractivity contribution in [1.29, 1.82) is 0 Å². The fourth-order valence-electron chi connectivity index (χ4n) is 1.73. The number of sulfonamides is 1. The minimum atomic E-state index is -3.97. The van der Waals surface area contributed by atoms with Gasteiger partial charge in [0.2, 0.25) is 10.0 Å². The van der Waals surface area contributed by atoms with Crippen molar-refractivity contribution in [2.75, 3.05) is 0 Å². The van der Waals surface area contributed by atoms with E-state index < -0.39 is 22.4 Å². The van der Waals surface area contributed by atoms with Gasteiger partial charge in [0.25, 0.3) is 0 Å². The van der Waals surface area contributed by atoms with Crippen molar-refractivity contribution in [3.63, 3.8) is 0 Å². The number of nitrogens with zero attached hydrogens (tertiary/aromatic N) is 2. The Kier molecular flexibility index (Phi) is 4.33. The Morgan fingerprint density at radius 2 is 1.90 bits per heavy atom. The van der Waals surface area contributed by atoms with Crippen LogP contribution in [-0.2, 0) is 16.6 Å². The molecule has 5 nitrogen and oxygen atoms in total. The largest absolute Gasteiger partial charge is 0.333 e. The smallest absolute Gasteiger partial charge is 0.207 e. The molecule has 0 amide bonds. The highest BCUT2D eigenvalue weighted by atomic mass is 32.2. The Morgan fingerprint density at radius 3 is 2.43 bits per heavy atom. The molecule has 9 heteroatoms. The van der Waals surface area contributed by atoms with E-state index in [0.717, 1.165) is 6.20 Å². The molecule has 0 radical (unpaired) electrons. The van der Waals surface area contributed by atoms with Gasteiger partial charge in [-0.25, -0.2) is 22.2 Å². The van der Waals surface area contributed by atoms with E-state index in [1.165, 1.54) is 31.2 Å². The van der Waals surface area contributed by atoms with Gasteiger partial charge in [0.05, 0.1) is 11.9 Å². The van der Waals surface area contributed by atoms with Crippen LogP contribution in [0.1, 0.15) is 17.8 Å². The first-order valence-corrected chi connectivity index (χ1v) is 7.36. The molecular formula is C12H12F3N3O2S. The van der Waals surface area contributed by atoms with Gasteiger partial charge in [-0.2, -0.15) is 13.9 Å². The molecule has 0 saturated heterocycles. The zero-order chi connectivity index (χ0) is 15.6. The number of aromatic nitrogens is 2. The van der Waals surface area contributed by atoms with Crippen molar-refractivity contribution in [2.24, 2.45) is 0 Å². The lowest BCUT2D eigenvalue weighted by Gasteiger charge is -2.07. The van der Waals surface area contributed by atoms with E-state index in [2.05, 4.69) is 9.82 Å². The first-order valence-electron chi connectivity index (χ1n) is 5.87. The van der Waals surface area contributed by atoms with Gasteiger partial charge in [0, 0.05) is 6.54 Å². The van der Waals surface area contributed by atoms with Gasteiger partial charge in [-0.15, -0.1) is 0 Å². The molecule has 0 unspecified atom stereocenters. The third kappa shape index (κ3) is 3.42. The molecule has 0 bridgehead atoms. The van der Waals surface area contributed by atoms with Crippen LogP contribution < -0.4 is 4.72 Å². The summed E-state index contributed by atoms with van der Waals surface area (Å²) >= 11 is 0. The number of nitrogens with one attached hydrogen (secondary N) is 1. The van der Waals surface area contributed by atoms with Gasteiger partial charge in [-0.1, -0.05) is 12.1 Å². The fraction of sp³-hybridized carbons (Fsp3) is 0.250. The molecule has 1 heterocycles. The Morgan fingerprint density at radius 1 is 1.29 bits per heavy atom. The van der Waals surface area contributed by atoms with Crippen LogP contribution in [0.4, 0.5) is 13.2 Å². The molecule has 0 saturated carbocycles. The third-order valence-electron chi connectivity index (χ3n) is 2.85.